The summed E-state index contributed by atoms with van der Waals surface area (Å²) in [6, 6.07) is 23.8. The minimum atomic E-state index is -3.91. The molecule has 220 valence electrons. The maximum Gasteiger partial charge on any atom is 0.264 e. The number of rotatable bonds is 11. The number of carbonyl (C=O) groups excluding carboxylic acids is 1. The molecule has 0 bridgehead atoms. The zero-order valence-corrected chi connectivity index (χ0v) is 25.9. The molecule has 4 rings (SSSR count). The molecule has 0 heterocycles. The monoisotopic (exact) mass is 625 g/mol. The average molecular weight is 626 g/mol. The van der Waals surface area contributed by atoms with Crippen LogP contribution in [0.4, 0.5) is 17.1 Å². The number of aryl methyl sites for hydroxylation is 1. The Labute approximate surface area is 251 Å². The van der Waals surface area contributed by atoms with Crippen LogP contribution in [0.2, 0.25) is 0 Å². The van der Waals surface area contributed by atoms with Gasteiger partial charge >= 0.3 is 0 Å². The minimum absolute atomic E-state index is 0.0114. The van der Waals surface area contributed by atoms with E-state index in [1.165, 1.54) is 59.6 Å². The maximum atomic E-state index is 13.3. The van der Waals surface area contributed by atoms with Gasteiger partial charge in [0.25, 0.3) is 26.0 Å². The van der Waals surface area contributed by atoms with Crippen LogP contribution in [-0.4, -0.2) is 42.7 Å². The Hall–Kier alpha value is -4.00. The lowest BCUT2D eigenvalue weighted by atomic mass is 10.2. The third kappa shape index (κ3) is 6.89. The van der Waals surface area contributed by atoms with Gasteiger partial charge in [-0.1, -0.05) is 6.07 Å². The van der Waals surface area contributed by atoms with Crippen molar-refractivity contribution in [3.63, 3.8) is 0 Å². The first-order valence-electron chi connectivity index (χ1n) is 12.8. The van der Waals surface area contributed by atoms with Gasteiger partial charge in [0, 0.05) is 22.7 Å². The first-order chi connectivity index (χ1) is 20.0. The van der Waals surface area contributed by atoms with Crippen LogP contribution >= 0.6 is 11.8 Å². The number of thioether (sulfide) groups is 1. The molecule has 0 aliphatic heterocycles. The van der Waals surface area contributed by atoms with Gasteiger partial charge in [-0.2, -0.15) is 0 Å². The second kappa shape index (κ2) is 12.9. The highest BCUT2D eigenvalue weighted by Gasteiger charge is 2.24. The Morgan fingerprint density at radius 1 is 0.857 bits per heavy atom. The van der Waals surface area contributed by atoms with Crippen LogP contribution in [0.25, 0.3) is 0 Å². The van der Waals surface area contributed by atoms with Crippen molar-refractivity contribution < 1.29 is 26.4 Å². The lowest BCUT2D eigenvalue weighted by Gasteiger charge is -2.23. The van der Waals surface area contributed by atoms with Gasteiger partial charge in [-0.15, -0.1) is 11.8 Å². The number of methoxy groups -OCH3 is 1. The van der Waals surface area contributed by atoms with Crippen molar-refractivity contribution in [2.45, 2.75) is 28.5 Å². The van der Waals surface area contributed by atoms with E-state index in [2.05, 4.69) is 10.0 Å². The summed E-state index contributed by atoms with van der Waals surface area (Å²) >= 11 is 1.53. The largest absolute Gasteiger partial charge is 0.495 e. The number of ether oxygens (including phenoxy) is 1. The van der Waals surface area contributed by atoms with Crippen LogP contribution in [-0.2, 0) is 20.0 Å². The first-order valence-corrected chi connectivity index (χ1v) is 17.0. The summed E-state index contributed by atoms with van der Waals surface area (Å²) in [5.41, 5.74) is 2.31. The molecular formula is C30H31N3O6S3. The molecule has 4 aromatic carbocycles. The number of carbonyl (C=O) groups is 1. The van der Waals surface area contributed by atoms with Crippen molar-refractivity contribution in [2.24, 2.45) is 0 Å². The molecule has 0 aliphatic rings. The number of anilines is 3. The number of nitrogens with zero attached hydrogens (tertiary/aromatic N) is 1. The molecule has 0 aromatic heterocycles. The molecule has 1 amide bonds. The Balaban J connectivity index is 1.45. The summed E-state index contributed by atoms with van der Waals surface area (Å²) in [5, 5.41) is 2.73. The van der Waals surface area contributed by atoms with E-state index < -0.39 is 26.0 Å². The Bertz CT molecular complexity index is 1770. The predicted molar refractivity (Wildman–Crippen MR) is 168 cm³/mol. The predicted octanol–water partition coefficient (Wildman–Crippen LogP) is 5.99. The summed E-state index contributed by atoms with van der Waals surface area (Å²) in [6.07, 6.45) is 1.92. The summed E-state index contributed by atoms with van der Waals surface area (Å²) in [7, 11) is -6.24. The standard InChI is InChI=1S/C30H31N3O6S3/c1-5-33(42(37,38)27-17-13-25(40-4)14-18-27)24-11-7-22(8-12-24)30(34)31-23-9-15-26(16-10-23)41(35,36)32-28-20-21(2)6-19-29(28)39-3/h6-20,32H,5H2,1-4H3,(H,31,34). The zero-order valence-electron chi connectivity index (χ0n) is 23.5. The van der Waals surface area contributed by atoms with Crippen molar-refractivity contribution in [2.75, 3.05) is 34.3 Å². The normalized spacial score (nSPS) is 11.5. The number of sulfonamides is 2. The summed E-state index contributed by atoms with van der Waals surface area (Å²) in [6.45, 7) is 3.79. The number of hydrogen-bond acceptors (Lipinski definition) is 7. The van der Waals surface area contributed by atoms with E-state index >= 15 is 0 Å². The minimum Gasteiger partial charge on any atom is -0.495 e. The fraction of sp³-hybridized carbons (Fsp3) is 0.167. The number of benzene rings is 4. The van der Waals surface area contributed by atoms with E-state index in [4.69, 9.17) is 4.74 Å². The van der Waals surface area contributed by atoms with Crippen molar-refractivity contribution >= 4 is 54.8 Å². The van der Waals surface area contributed by atoms with E-state index in [1.807, 2.05) is 19.2 Å². The van der Waals surface area contributed by atoms with Crippen molar-refractivity contribution in [1.29, 1.82) is 0 Å². The number of hydrogen-bond donors (Lipinski definition) is 2. The van der Waals surface area contributed by atoms with Crippen LogP contribution in [0.5, 0.6) is 5.75 Å². The fourth-order valence-electron chi connectivity index (χ4n) is 4.17. The van der Waals surface area contributed by atoms with Crippen LogP contribution in [0.1, 0.15) is 22.8 Å². The van der Waals surface area contributed by atoms with Crippen LogP contribution in [0.15, 0.2) is 106 Å². The molecule has 2 N–H and O–H groups in total. The number of amides is 1. The van der Waals surface area contributed by atoms with Gasteiger partial charge in [0.15, 0.2) is 0 Å². The highest BCUT2D eigenvalue weighted by Crippen LogP contribution is 2.29. The van der Waals surface area contributed by atoms with Crippen LogP contribution in [0, 0.1) is 6.92 Å². The second-order valence-electron chi connectivity index (χ2n) is 9.18. The third-order valence-corrected chi connectivity index (χ3v) is 10.4. The van der Waals surface area contributed by atoms with Crippen molar-refractivity contribution in [1.82, 2.24) is 0 Å². The average Bonchev–Trinajstić information content (AvgIpc) is 2.98. The molecule has 0 saturated heterocycles. The molecule has 0 fully saturated rings. The van der Waals surface area contributed by atoms with E-state index in [1.54, 1.807) is 55.5 Å². The molecule has 12 heteroatoms. The third-order valence-electron chi connectivity index (χ3n) is 6.37. The molecular weight excluding hydrogens is 595 g/mol. The van der Waals surface area contributed by atoms with E-state index in [0.29, 0.717) is 28.4 Å². The van der Waals surface area contributed by atoms with Gasteiger partial charge < -0.3 is 10.1 Å². The molecule has 0 saturated carbocycles. The van der Waals surface area contributed by atoms with Crippen molar-refractivity contribution in [3.05, 3.63) is 102 Å². The quantitative estimate of drug-likeness (QED) is 0.196. The van der Waals surface area contributed by atoms with Crippen LogP contribution < -0.4 is 19.1 Å². The highest BCUT2D eigenvalue weighted by atomic mass is 32.2. The van der Waals surface area contributed by atoms with E-state index in [9.17, 15) is 21.6 Å². The van der Waals surface area contributed by atoms with Crippen LogP contribution in [0.3, 0.4) is 0 Å². The molecule has 0 unspecified atom stereocenters. The van der Waals surface area contributed by atoms with Gasteiger partial charge in [-0.05, 0) is 111 Å². The Kier molecular flexibility index (Phi) is 9.50. The molecule has 42 heavy (non-hydrogen) atoms. The molecule has 0 spiro atoms. The zero-order chi connectivity index (χ0) is 30.5. The first kappa shape index (κ1) is 30.9. The lowest BCUT2D eigenvalue weighted by molar-refractivity contribution is 0.102. The molecule has 9 nitrogen and oxygen atoms in total. The van der Waals surface area contributed by atoms with Gasteiger partial charge in [-0.3, -0.25) is 13.8 Å². The van der Waals surface area contributed by atoms with Gasteiger partial charge in [0.1, 0.15) is 5.75 Å². The lowest BCUT2D eigenvalue weighted by Crippen LogP contribution is -2.30. The molecule has 0 atom stereocenters. The summed E-state index contributed by atoms with van der Waals surface area (Å²) in [4.78, 5) is 14.0. The summed E-state index contributed by atoms with van der Waals surface area (Å²) in [5.74, 6) is -0.0399. The van der Waals surface area contributed by atoms with Gasteiger partial charge in [0.2, 0.25) is 0 Å². The van der Waals surface area contributed by atoms with Gasteiger partial charge in [0.05, 0.1) is 28.3 Å². The SMILES string of the molecule is CCN(c1ccc(C(=O)Nc2ccc(S(=O)(=O)Nc3cc(C)ccc3OC)cc2)cc1)S(=O)(=O)c1ccc(SC)cc1. The molecule has 0 radical (unpaired) electrons. The maximum absolute atomic E-state index is 13.3. The van der Waals surface area contributed by atoms with E-state index in [0.717, 1.165) is 10.5 Å². The molecule has 0 aliphatic carbocycles. The topological polar surface area (TPSA) is 122 Å². The second-order valence-corrected chi connectivity index (χ2v) is 13.6. The smallest absolute Gasteiger partial charge is 0.264 e. The highest BCUT2D eigenvalue weighted by molar-refractivity contribution is 7.98. The Morgan fingerprint density at radius 3 is 2.05 bits per heavy atom. The number of nitrogens with one attached hydrogen (secondary N) is 2. The van der Waals surface area contributed by atoms with E-state index in [-0.39, 0.29) is 16.3 Å². The fourth-order valence-corrected chi connectivity index (χ4v) is 7.11. The van der Waals surface area contributed by atoms with Gasteiger partial charge in [-0.25, -0.2) is 16.8 Å². The Morgan fingerprint density at radius 2 is 1.48 bits per heavy atom. The van der Waals surface area contributed by atoms with Crippen molar-refractivity contribution in [3.8, 4) is 5.75 Å². The summed E-state index contributed by atoms with van der Waals surface area (Å²) < 4.78 is 61.5. The molecule has 4 aromatic rings.